The van der Waals surface area contributed by atoms with Crippen LogP contribution in [0, 0.1) is 0 Å². The van der Waals surface area contributed by atoms with Gasteiger partial charge in [-0.2, -0.15) is 0 Å². The molecule has 5 nitrogen and oxygen atoms in total. The molecule has 0 spiro atoms. The highest BCUT2D eigenvalue weighted by Crippen LogP contribution is 2.47. The molecule has 2 aliphatic rings. The zero-order valence-corrected chi connectivity index (χ0v) is 14.1. The first-order chi connectivity index (χ1) is 11.1. The maximum atomic E-state index is 12.4. The summed E-state index contributed by atoms with van der Waals surface area (Å²) >= 11 is 5.95. The quantitative estimate of drug-likeness (QED) is 0.897. The predicted octanol–water partition coefficient (Wildman–Crippen LogP) is 2.43. The molecular formula is C17H23ClN2O3. The Labute approximate surface area is 141 Å². The predicted molar refractivity (Wildman–Crippen MR) is 89.0 cm³/mol. The van der Waals surface area contributed by atoms with Crippen molar-refractivity contribution >= 4 is 17.6 Å². The van der Waals surface area contributed by atoms with Gasteiger partial charge in [0.1, 0.15) is 0 Å². The Balaban J connectivity index is 1.53. The lowest BCUT2D eigenvalue weighted by molar-refractivity contribution is -0.0494. The second kappa shape index (κ2) is 7.07. The van der Waals surface area contributed by atoms with Crippen molar-refractivity contribution in [2.75, 3.05) is 40.0 Å². The third-order valence-corrected chi connectivity index (χ3v) is 4.92. The van der Waals surface area contributed by atoms with Crippen molar-refractivity contribution in [1.82, 2.24) is 10.2 Å². The van der Waals surface area contributed by atoms with Gasteiger partial charge in [0.25, 0.3) is 0 Å². The fourth-order valence-corrected chi connectivity index (χ4v) is 3.19. The average molecular weight is 339 g/mol. The minimum atomic E-state index is -0.0364. The fraction of sp³-hybridized carbons (Fsp3) is 0.588. The highest BCUT2D eigenvalue weighted by molar-refractivity contribution is 6.30. The summed E-state index contributed by atoms with van der Waals surface area (Å²) < 4.78 is 10.7. The molecule has 1 atom stereocenters. The van der Waals surface area contributed by atoms with Crippen molar-refractivity contribution in [3.63, 3.8) is 0 Å². The summed E-state index contributed by atoms with van der Waals surface area (Å²) in [6.07, 6.45) is 2.17. The van der Waals surface area contributed by atoms with Crippen LogP contribution in [0.3, 0.4) is 0 Å². The van der Waals surface area contributed by atoms with Crippen LogP contribution in [-0.4, -0.2) is 57.0 Å². The second-order valence-corrected chi connectivity index (χ2v) is 6.78. The second-order valence-electron chi connectivity index (χ2n) is 6.34. The van der Waals surface area contributed by atoms with Gasteiger partial charge >= 0.3 is 6.03 Å². The number of rotatable bonds is 5. The van der Waals surface area contributed by atoms with Crippen LogP contribution in [0.2, 0.25) is 5.02 Å². The van der Waals surface area contributed by atoms with Crippen LogP contribution in [0.5, 0.6) is 0 Å². The van der Waals surface area contributed by atoms with E-state index in [1.807, 2.05) is 17.0 Å². The lowest BCUT2D eigenvalue weighted by atomic mass is 9.96. The Morgan fingerprint density at radius 2 is 2.17 bits per heavy atom. The van der Waals surface area contributed by atoms with E-state index in [1.165, 1.54) is 5.56 Å². The zero-order chi connectivity index (χ0) is 16.3. The van der Waals surface area contributed by atoms with Crippen molar-refractivity contribution in [2.24, 2.45) is 0 Å². The van der Waals surface area contributed by atoms with Crippen molar-refractivity contribution in [3.8, 4) is 0 Å². The molecule has 0 unspecified atom stereocenters. The van der Waals surface area contributed by atoms with E-state index in [1.54, 1.807) is 7.11 Å². The van der Waals surface area contributed by atoms with Crippen molar-refractivity contribution < 1.29 is 14.3 Å². The van der Waals surface area contributed by atoms with Crippen molar-refractivity contribution in [2.45, 2.75) is 24.4 Å². The molecular weight excluding hydrogens is 316 g/mol. The van der Waals surface area contributed by atoms with Crippen LogP contribution in [0.15, 0.2) is 24.3 Å². The SMILES string of the molecule is COC[C@H]1CN(C(=O)NCC2(c3ccc(Cl)cc3)CC2)CCO1. The van der Waals surface area contributed by atoms with Gasteiger partial charge in [-0.15, -0.1) is 0 Å². The van der Waals surface area contributed by atoms with E-state index < -0.39 is 0 Å². The minimum Gasteiger partial charge on any atom is -0.382 e. The fourth-order valence-electron chi connectivity index (χ4n) is 3.07. The van der Waals surface area contributed by atoms with Gasteiger partial charge < -0.3 is 19.7 Å². The number of halogens is 1. The van der Waals surface area contributed by atoms with Gasteiger partial charge in [0, 0.05) is 30.6 Å². The van der Waals surface area contributed by atoms with E-state index in [9.17, 15) is 4.79 Å². The summed E-state index contributed by atoms with van der Waals surface area (Å²) in [5, 5.41) is 3.83. The normalized spacial score (nSPS) is 22.7. The Bertz CT molecular complexity index is 543. The molecule has 3 rings (SSSR count). The molecule has 2 fully saturated rings. The molecule has 1 aliphatic heterocycles. The molecule has 0 radical (unpaired) electrons. The summed E-state index contributed by atoms with van der Waals surface area (Å²) in [6.45, 7) is 2.94. The number of carbonyl (C=O) groups is 1. The Morgan fingerprint density at radius 1 is 1.43 bits per heavy atom. The van der Waals surface area contributed by atoms with Gasteiger partial charge in [-0.3, -0.25) is 0 Å². The van der Waals surface area contributed by atoms with Gasteiger partial charge in [-0.05, 0) is 30.5 Å². The van der Waals surface area contributed by atoms with E-state index in [2.05, 4.69) is 17.4 Å². The summed E-state index contributed by atoms with van der Waals surface area (Å²) in [4.78, 5) is 14.2. The molecule has 1 aliphatic carbocycles. The molecule has 1 saturated heterocycles. The highest BCUT2D eigenvalue weighted by Gasteiger charge is 2.44. The molecule has 1 heterocycles. The Hall–Kier alpha value is -1.30. The number of amides is 2. The van der Waals surface area contributed by atoms with Crippen LogP contribution in [-0.2, 0) is 14.9 Å². The van der Waals surface area contributed by atoms with Crippen LogP contribution in [0.25, 0.3) is 0 Å². The van der Waals surface area contributed by atoms with Gasteiger partial charge in [-0.25, -0.2) is 4.79 Å². The average Bonchev–Trinajstić information content (AvgIpc) is 3.35. The molecule has 126 valence electrons. The topological polar surface area (TPSA) is 50.8 Å². The molecule has 1 aromatic carbocycles. The molecule has 1 N–H and O–H groups in total. The zero-order valence-electron chi connectivity index (χ0n) is 13.4. The number of ether oxygens (including phenoxy) is 2. The third-order valence-electron chi connectivity index (χ3n) is 4.67. The molecule has 23 heavy (non-hydrogen) atoms. The smallest absolute Gasteiger partial charge is 0.317 e. The molecule has 0 aromatic heterocycles. The van der Waals surface area contributed by atoms with Crippen LogP contribution < -0.4 is 5.32 Å². The molecule has 2 amide bonds. The van der Waals surface area contributed by atoms with Gasteiger partial charge in [0.05, 0.1) is 25.9 Å². The Kier molecular flexibility index (Phi) is 5.09. The van der Waals surface area contributed by atoms with Crippen LogP contribution in [0.4, 0.5) is 4.79 Å². The minimum absolute atomic E-state index is 0.0189. The third kappa shape index (κ3) is 3.97. The highest BCUT2D eigenvalue weighted by atomic mass is 35.5. The lowest BCUT2D eigenvalue weighted by Crippen LogP contribution is -2.51. The summed E-state index contributed by atoms with van der Waals surface area (Å²) in [6, 6.07) is 7.93. The number of morpholine rings is 1. The monoisotopic (exact) mass is 338 g/mol. The van der Waals surface area contributed by atoms with E-state index in [4.69, 9.17) is 21.1 Å². The molecule has 0 bridgehead atoms. The van der Waals surface area contributed by atoms with Gasteiger partial charge in [0.15, 0.2) is 0 Å². The van der Waals surface area contributed by atoms with Crippen molar-refractivity contribution in [3.05, 3.63) is 34.9 Å². The summed E-state index contributed by atoms with van der Waals surface area (Å²) in [5.74, 6) is 0. The number of benzene rings is 1. The molecule has 6 heteroatoms. The number of nitrogens with one attached hydrogen (secondary N) is 1. The maximum Gasteiger partial charge on any atom is 0.317 e. The molecule has 1 aromatic rings. The van der Waals surface area contributed by atoms with Crippen LogP contribution >= 0.6 is 11.6 Å². The number of hydrogen-bond donors (Lipinski definition) is 1. The number of urea groups is 1. The van der Waals surface area contributed by atoms with Crippen LogP contribution in [0.1, 0.15) is 18.4 Å². The standard InChI is InChI=1S/C17H23ClN2O3/c1-22-11-15-10-20(8-9-23-15)16(21)19-12-17(6-7-17)13-2-4-14(18)5-3-13/h2-5,15H,6-12H2,1H3,(H,19,21)/t15-/m1/s1. The first-order valence-corrected chi connectivity index (χ1v) is 8.40. The number of hydrogen-bond acceptors (Lipinski definition) is 3. The van der Waals surface area contributed by atoms with Crippen molar-refractivity contribution in [1.29, 1.82) is 0 Å². The summed E-state index contributed by atoms with van der Waals surface area (Å²) in [7, 11) is 1.64. The van der Waals surface area contributed by atoms with E-state index in [0.29, 0.717) is 32.8 Å². The van der Waals surface area contributed by atoms with E-state index in [-0.39, 0.29) is 17.6 Å². The van der Waals surface area contributed by atoms with E-state index >= 15 is 0 Å². The number of methoxy groups -OCH3 is 1. The van der Waals surface area contributed by atoms with E-state index in [0.717, 1.165) is 17.9 Å². The molecule has 1 saturated carbocycles. The van der Waals surface area contributed by atoms with Gasteiger partial charge in [-0.1, -0.05) is 23.7 Å². The number of nitrogens with zero attached hydrogens (tertiary/aromatic N) is 1. The largest absolute Gasteiger partial charge is 0.382 e. The first kappa shape index (κ1) is 16.6. The lowest BCUT2D eigenvalue weighted by Gasteiger charge is -2.33. The number of carbonyl (C=O) groups excluding carboxylic acids is 1. The summed E-state index contributed by atoms with van der Waals surface area (Å²) in [5.41, 5.74) is 1.33. The maximum absolute atomic E-state index is 12.4. The Morgan fingerprint density at radius 3 is 2.83 bits per heavy atom. The first-order valence-electron chi connectivity index (χ1n) is 8.02. The van der Waals surface area contributed by atoms with Gasteiger partial charge in [0.2, 0.25) is 0 Å².